The molecule has 3 amide bonds. The fraction of sp³-hybridized carbons (Fsp3) is 0.400. The largest absolute Gasteiger partial charge is 0.334 e. The smallest absolute Gasteiger partial charge is 0.321 e. The number of amides is 3. The van der Waals surface area contributed by atoms with Crippen molar-refractivity contribution in [1.82, 2.24) is 25.4 Å². The Kier molecular flexibility index (Phi) is 7.39. The van der Waals surface area contributed by atoms with Crippen LogP contribution in [-0.4, -0.2) is 39.0 Å². The molecule has 0 saturated carbocycles. The first-order valence-corrected chi connectivity index (χ1v) is 10.1. The van der Waals surface area contributed by atoms with Gasteiger partial charge in [-0.1, -0.05) is 62.9 Å². The number of carbonyl (C=O) groups is 2. The van der Waals surface area contributed by atoms with Gasteiger partial charge in [0.1, 0.15) is 0 Å². The molecule has 0 bridgehead atoms. The molecule has 0 atom stereocenters. The number of hydrogen-bond acceptors (Lipinski definition) is 5. The molecule has 0 aliphatic rings. The summed E-state index contributed by atoms with van der Waals surface area (Å²) in [6, 6.07) is 7.75. The van der Waals surface area contributed by atoms with Gasteiger partial charge in [-0.05, 0) is 17.9 Å². The van der Waals surface area contributed by atoms with Crippen LogP contribution >= 0.6 is 11.8 Å². The van der Waals surface area contributed by atoms with E-state index in [-0.39, 0.29) is 11.2 Å². The second-order valence-electron chi connectivity index (χ2n) is 7.21. The van der Waals surface area contributed by atoms with Crippen molar-refractivity contribution in [3.05, 3.63) is 42.5 Å². The van der Waals surface area contributed by atoms with Crippen LogP contribution in [-0.2, 0) is 16.8 Å². The summed E-state index contributed by atoms with van der Waals surface area (Å²) >= 11 is 1.25. The van der Waals surface area contributed by atoms with Crippen molar-refractivity contribution in [1.29, 1.82) is 0 Å². The highest BCUT2D eigenvalue weighted by atomic mass is 32.2. The van der Waals surface area contributed by atoms with E-state index in [1.807, 2.05) is 23.6 Å². The molecule has 28 heavy (non-hydrogen) atoms. The van der Waals surface area contributed by atoms with Gasteiger partial charge >= 0.3 is 6.03 Å². The second kappa shape index (κ2) is 9.54. The number of carbonyl (C=O) groups excluding carboxylic acids is 2. The molecule has 0 fully saturated rings. The molecule has 2 aromatic rings. The predicted octanol–water partition coefficient (Wildman–Crippen LogP) is 3.37. The first kappa shape index (κ1) is 21.7. The van der Waals surface area contributed by atoms with Crippen LogP contribution in [0.2, 0.25) is 0 Å². The molecule has 2 N–H and O–H groups in total. The average Bonchev–Trinajstić information content (AvgIpc) is 3.07. The topological polar surface area (TPSA) is 88.9 Å². The van der Waals surface area contributed by atoms with Crippen LogP contribution in [0.1, 0.15) is 33.3 Å². The number of rotatable bonds is 7. The second-order valence-corrected chi connectivity index (χ2v) is 8.16. The van der Waals surface area contributed by atoms with Crippen LogP contribution in [0.5, 0.6) is 0 Å². The normalized spacial score (nSPS) is 11.1. The third-order valence-corrected chi connectivity index (χ3v) is 5.00. The monoisotopic (exact) mass is 401 g/mol. The minimum atomic E-state index is -0.540. The molecular weight excluding hydrogens is 374 g/mol. The Morgan fingerprint density at radius 2 is 1.89 bits per heavy atom. The third kappa shape index (κ3) is 5.69. The number of hydrogen-bond donors (Lipinski definition) is 2. The van der Waals surface area contributed by atoms with Gasteiger partial charge in [0, 0.05) is 18.7 Å². The van der Waals surface area contributed by atoms with E-state index in [0.717, 1.165) is 11.4 Å². The minimum absolute atomic E-state index is 0.0720. The molecule has 0 aliphatic carbocycles. The summed E-state index contributed by atoms with van der Waals surface area (Å²) < 4.78 is 1.96. The molecule has 150 valence electrons. The number of nitrogens with one attached hydrogen (secondary N) is 2. The summed E-state index contributed by atoms with van der Waals surface area (Å²) in [6.07, 6.45) is 1.54. The fourth-order valence-electron chi connectivity index (χ4n) is 2.52. The minimum Gasteiger partial charge on any atom is -0.334 e. The van der Waals surface area contributed by atoms with E-state index in [4.69, 9.17) is 0 Å². The third-order valence-electron chi connectivity index (χ3n) is 4.03. The quantitative estimate of drug-likeness (QED) is 0.548. The van der Waals surface area contributed by atoms with Crippen LogP contribution in [0.3, 0.4) is 0 Å². The van der Waals surface area contributed by atoms with Gasteiger partial charge in [0.2, 0.25) is 5.91 Å². The molecule has 0 saturated heterocycles. The lowest BCUT2D eigenvalue weighted by atomic mass is 9.87. The molecule has 0 radical (unpaired) electrons. The zero-order valence-electron chi connectivity index (χ0n) is 16.8. The zero-order valence-corrected chi connectivity index (χ0v) is 17.6. The van der Waals surface area contributed by atoms with E-state index >= 15 is 0 Å². The summed E-state index contributed by atoms with van der Waals surface area (Å²) in [5, 5.41) is 13.9. The van der Waals surface area contributed by atoms with Crippen LogP contribution in [0.4, 0.5) is 4.79 Å². The summed E-state index contributed by atoms with van der Waals surface area (Å²) in [7, 11) is 0. The van der Waals surface area contributed by atoms with Crippen LogP contribution in [0.25, 0.3) is 11.4 Å². The van der Waals surface area contributed by atoms with Gasteiger partial charge in [0.05, 0.1) is 5.75 Å². The van der Waals surface area contributed by atoms with Gasteiger partial charge in [-0.2, -0.15) is 0 Å². The number of benzene rings is 1. The predicted molar refractivity (Wildman–Crippen MR) is 112 cm³/mol. The van der Waals surface area contributed by atoms with Gasteiger partial charge in [-0.3, -0.25) is 10.1 Å². The molecule has 1 aromatic heterocycles. The van der Waals surface area contributed by atoms with Gasteiger partial charge in [-0.25, -0.2) is 4.79 Å². The molecule has 8 heteroatoms. The van der Waals surface area contributed by atoms with E-state index in [1.54, 1.807) is 0 Å². The van der Waals surface area contributed by atoms with Gasteiger partial charge in [0.25, 0.3) is 0 Å². The van der Waals surface area contributed by atoms with Gasteiger partial charge in [-0.15, -0.1) is 16.8 Å². The SMILES string of the molecule is C=CCNC(=O)NC(=O)CSc1nnc(-c2ccc(C(C)(C)C)cc2)n1CC. The lowest BCUT2D eigenvalue weighted by Gasteiger charge is -2.19. The summed E-state index contributed by atoms with van der Waals surface area (Å²) in [5.41, 5.74) is 2.31. The number of imide groups is 1. The van der Waals surface area contributed by atoms with Crippen molar-refractivity contribution in [2.24, 2.45) is 0 Å². The molecular formula is C20H27N5O2S. The molecule has 0 aliphatic heterocycles. The average molecular weight is 402 g/mol. The van der Waals surface area contributed by atoms with E-state index in [9.17, 15) is 9.59 Å². The lowest BCUT2D eigenvalue weighted by molar-refractivity contribution is -0.117. The van der Waals surface area contributed by atoms with Crippen molar-refractivity contribution < 1.29 is 9.59 Å². The number of urea groups is 1. The van der Waals surface area contributed by atoms with Crippen LogP contribution in [0, 0.1) is 0 Å². The number of nitrogens with zero attached hydrogens (tertiary/aromatic N) is 3. The number of thioether (sulfide) groups is 1. The Morgan fingerprint density at radius 1 is 1.21 bits per heavy atom. The fourth-order valence-corrected chi connectivity index (χ4v) is 3.32. The van der Waals surface area contributed by atoms with E-state index in [2.05, 4.69) is 60.3 Å². The Labute approximate surface area is 170 Å². The van der Waals surface area contributed by atoms with Crippen LogP contribution in [0.15, 0.2) is 42.1 Å². The van der Waals surface area contributed by atoms with Crippen molar-refractivity contribution >= 4 is 23.7 Å². The molecule has 1 heterocycles. The highest BCUT2D eigenvalue weighted by Gasteiger charge is 2.17. The lowest BCUT2D eigenvalue weighted by Crippen LogP contribution is -2.40. The highest BCUT2D eigenvalue weighted by Crippen LogP contribution is 2.27. The zero-order chi connectivity index (χ0) is 20.7. The van der Waals surface area contributed by atoms with E-state index in [0.29, 0.717) is 18.2 Å². The van der Waals surface area contributed by atoms with Gasteiger partial charge < -0.3 is 9.88 Å². The summed E-state index contributed by atoms with van der Waals surface area (Å²) in [5.74, 6) is 0.436. The molecule has 1 aromatic carbocycles. The number of aromatic nitrogens is 3. The van der Waals surface area contributed by atoms with Crippen molar-refractivity contribution in [3.8, 4) is 11.4 Å². The Hall–Kier alpha value is -2.61. The maximum Gasteiger partial charge on any atom is 0.321 e. The molecule has 0 unspecified atom stereocenters. The molecule has 7 nitrogen and oxygen atoms in total. The van der Waals surface area contributed by atoms with Crippen molar-refractivity contribution in [3.63, 3.8) is 0 Å². The Bertz CT molecular complexity index is 837. The van der Waals surface area contributed by atoms with E-state index in [1.165, 1.54) is 23.4 Å². The Morgan fingerprint density at radius 3 is 2.46 bits per heavy atom. The summed E-state index contributed by atoms with van der Waals surface area (Å²) in [6.45, 7) is 13.0. The maximum atomic E-state index is 11.9. The highest BCUT2D eigenvalue weighted by molar-refractivity contribution is 7.99. The Balaban J connectivity index is 2.06. The van der Waals surface area contributed by atoms with Gasteiger partial charge in [0.15, 0.2) is 11.0 Å². The standard InChI is InChI=1S/C20H27N5O2S/c1-6-12-21-18(27)22-16(26)13-28-19-24-23-17(25(19)7-2)14-8-10-15(11-9-14)20(3,4)5/h6,8-11H,1,7,12-13H2,2-5H3,(H2,21,22,26,27). The first-order valence-electron chi connectivity index (χ1n) is 9.11. The van der Waals surface area contributed by atoms with Crippen molar-refractivity contribution in [2.75, 3.05) is 12.3 Å². The maximum absolute atomic E-state index is 11.9. The van der Waals surface area contributed by atoms with Crippen LogP contribution < -0.4 is 10.6 Å². The molecule has 0 spiro atoms. The van der Waals surface area contributed by atoms with E-state index < -0.39 is 11.9 Å². The first-order chi connectivity index (χ1) is 13.3. The molecule has 2 rings (SSSR count). The summed E-state index contributed by atoms with van der Waals surface area (Å²) in [4.78, 5) is 23.4. The van der Waals surface area contributed by atoms with Crippen molar-refractivity contribution in [2.45, 2.75) is 44.8 Å².